The minimum Gasteiger partial charge on any atom is -0.480 e. The first-order valence-electron chi connectivity index (χ1n) is 13.7. The van der Waals surface area contributed by atoms with E-state index in [-0.39, 0.29) is 36.7 Å². The van der Waals surface area contributed by atoms with Crippen molar-refractivity contribution in [2.75, 3.05) is 6.61 Å². The summed E-state index contributed by atoms with van der Waals surface area (Å²) in [5.41, 5.74) is 4.81. The van der Waals surface area contributed by atoms with Gasteiger partial charge in [-0.05, 0) is 38.7 Å². The van der Waals surface area contributed by atoms with Crippen molar-refractivity contribution in [3.8, 4) is 0 Å². The lowest BCUT2D eigenvalue weighted by Crippen LogP contribution is -2.66. The highest BCUT2D eigenvalue weighted by molar-refractivity contribution is 5.93. The number of hydrogen-bond donors (Lipinski definition) is 5. The van der Waals surface area contributed by atoms with Crippen molar-refractivity contribution in [1.29, 1.82) is 0 Å². The second-order valence-electron chi connectivity index (χ2n) is 10.1. The molecule has 0 radical (unpaired) electrons. The van der Waals surface area contributed by atoms with Crippen molar-refractivity contribution in [3.05, 3.63) is 48.0 Å². The van der Waals surface area contributed by atoms with Gasteiger partial charge in [0.25, 0.3) is 0 Å². The minimum absolute atomic E-state index is 0.0952. The molecule has 0 spiro atoms. The molecular formula is C29H45N4O7+. The van der Waals surface area contributed by atoms with E-state index < -0.39 is 41.8 Å². The van der Waals surface area contributed by atoms with Gasteiger partial charge in [0, 0.05) is 19.3 Å². The second-order valence-corrected chi connectivity index (χ2v) is 10.1. The van der Waals surface area contributed by atoms with Gasteiger partial charge in [0.05, 0.1) is 18.6 Å². The van der Waals surface area contributed by atoms with Crippen LogP contribution in [0.1, 0.15) is 59.4 Å². The van der Waals surface area contributed by atoms with E-state index in [1.165, 1.54) is 6.92 Å². The summed E-state index contributed by atoms with van der Waals surface area (Å²) in [6, 6.07) is 5.54. The highest BCUT2D eigenvalue weighted by atomic mass is 16.5. The Hall–Kier alpha value is -3.73. The van der Waals surface area contributed by atoms with Crippen molar-refractivity contribution in [3.63, 3.8) is 0 Å². The van der Waals surface area contributed by atoms with E-state index in [1.54, 1.807) is 52.0 Å². The van der Waals surface area contributed by atoms with E-state index in [0.717, 1.165) is 5.56 Å². The van der Waals surface area contributed by atoms with Gasteiger partial charge in [-0.3, -0.25) is 19.2 Å². The quantitative estimate of drug-likeness (QED) is 0.139. The van der Waals surface area contributed by atoms with Crippen LogP contribution >= 0.6 is 0 Å². The van der Waals surface area contributed by atoms with Crippen molar-refractivity contribution in [1.82, 2.24) is 16.0 Å². The Morgan fingerprint density at radius 2 is 1.57 bits per heavy atom. The number of rotatable bonds is 17. The Labute approximate surface area is 236 Å². The van der Waals surface area contributed by atoms with E-state index >= 15 is 0 Å². The monoisotopic (exact) mass is 561 g/mol. The van der Waals surface area contributed by atoms with Crippen LogP contribution < -0.4 is 21.7 Å². The molecule has 222 valence electrons. The van der Waals surface area contributed by atoms with Gasteiger partial charge in [-0.2, -0.15) is 0 Å². The molecule has 5 atom stereocenters. The highest BCUT2D eigenvalue weighted by Crippen LogP contribution is 2.09. The summed E-state index contributed by atoms with van der Waals surface area (Å²) in [5, 5.41) is 17.4. The molecule has 0 saturated carbocycles. The van der Waals surface area contributed by atoms with E-state index in [0.29, 0.717) is 19.4 Å². The Morgan fingerprint density at radius 1 is 0.925 bits per heavy atom. The zero-order chi connectivity index (χ0) is 30.2. The van der Waals surface area contributed by atoms with Gasteiger partial charge >= 0.3 is 11.9 Å². The standard InChI is InChI=1S/C29H44N4O7/c1-6-40-24(34)16-12-8-11-15-22(30)19(4)26(35)33-25(18(2)3)28(37)31-20(5)27(36)32-23(29(38)39)17-21-13-9-7-10-14-21/h7-11,13-14,18-20,22-23,25H,6,12,15-17,30H2,1-5H3,(H,31,37)(H,32,36)(H,33,35)(H,38,39)/p+1/b11-8-/t19-,20+,22+,23+,25+/m0/s1. The smallest absolute Gasteiger partial charge is 0.326 e. The number of esters is 1. The maximum Gasteiger partial charge on any atom is 0.326 e. The number of hydrogen-bond acceptors (Lipinski definition) is 6. The number of carboxylic acid groups (broad SMARTS) is 1. The molecular weight excluding hydrogens is 516 g/mol. The molecule has 11 heteroatoms. The van der Waals surface area contributed by atoms with Gasteiger partial charge in [-0.25, -0.2) is 4.79 Å². The van der Waals surface area contributed by atoms with Crippen LogP contribution in [0.5, 0.6) is 0 Å². The molecule has 0 unspecified atom stereocenters. The zero-order valence-corrected chi connectivity index (χ0v) is 24.1. The number of nitrogens with one attached hydrogen (secondary N) is 3. The summed E-state index contributed by atoms with van der Waals surface area (Å²) in [6.07, 6.45) is 5.15. The molecule has 7 N–H and O–H groups in total. The van der Waals surface area contributed by atoms with Crippen LogP contribution in [0.15, 0.2) is 42.5 Å². The summed E-state index contributed by atoms with van der Waals surface area (Å²) in [5.74, 6) is -3.77. The molecule has 1 aromatic rings. The number of allylic oxidation sites excluding steroid dienone is 1. The third-order valence-electron chi connectivity index (χ3n) is 6.44. The first-order chi connectivity index (χ1) is 18.9. The molecule has 0 aliphatic carbocycles. The van der Waals surface area contributed by atoms with Crippen LogP contribution in [0, 0.1) is 11.8 Å². The summed E-state index contributed by atoms with van der Waals surface area (Å²) < 4.78 is 4.88. The molecule has 11 nitrogen and oxygen atoms in total. The van der Waals surface area contributed by atoms with E-state index in [4.69, 9.17) is 4.74 Å². The average molecular weight is 562 g/mol. The first-order valence-corrected chi connectivity index (χ1v) is 13.7. The van der Waals surface area contributed by atoms with Crippen LogP contribution in [0.4, 0.5) is 0 Å². The number of carbonyl (C=O) groups excluding carboxylic acids is 4. The zero-order valence-electron chi connectivity index (χ0n) is 24.1. The number of benzene rings is 1. The Balaban J connectivity index is 2.66. The van der Waals surface area contributed by atoms with Gasteiger partial charge in [-0.1, -0.05) is 56.3 Å². The molecule has 0 fully saturated rings. The topological polar surface area (TPSA) is 179 Å². The molecule has 1 rings (SSSR count). The summed E-state index contributed by atoms with van der Waals surface area (Å²) in [7, 11) is 0. The number of carbonyl (C=O) groups is 5. The lowest BCUT2D eigenvalue weighted by Gasteiger charge is -2.26. The fourth-order valence-electron chi connectivity index (χ4n) is 3.78. The maximum atomic E-state index is 13.0. The number of carboxylic acids is 1. The second kappa shape index (κ2) is 17.8. The van der Waals surface area contributed by atoms with E-state index in [9.17, 15) is 29.1 Å². The molecule has 3 amide bonds. The van der Waals surface area contributed by atoms with Crippen LogP contribution in [0.3, 0.4) is 0 Å². The molecule has 0 bridgehead atoms. The molecule has 0 aromatic heterocycles. The summed E-state index contributed by atoms with van der Waals surface area (Å²) in [6.45, 7) is 8.82. The third kappa shape index (κ3) is 12.4. The SMILES string of the molecule is CCOC(=O)CC/C=C\C[C@@H]([NH3+])[C@H](C)C(=O)N[C@@H](C(=O)N[C@H](C)C(=O)N[C@H](Cc1ccccc1)C(=O)O)C(C)C. The Kier molecular flexibility index (Phi) is 15.2. The van der Waals surface area contributed by atoms with Gasteiger partial charge < -0.3 is 31.5 Å². The molecule has 0 heterocycles. The highest BCUT2D eigenvalue weighted by Gasteiger charge is 2.31. The molecule has 0 aliphatic rings. The van der Waals surface area contributed by atoms with Crippen LogP contribution in [-0.4, -0.2) is 65.5 Å². The van der Waals surface area contributed by atoms with Crippen molar-refractivity contribution >= 4 is 29.7 Å². The summed E-state index contributed by atoms with van der Waals surface area (Å²) >= 11 is 0. The Morgan fingerprint density at radius 3 is 2.15 bits per heavy atom. The van der Waals surface area contributed by atoms with Crippen molar-refractivity contribution in [2.45, 2.75) is 84.5 Å². The summed E-state index contributed by atoms with van der Waals surface area (Å²) in [4.78, 5) is 61.7. The number of aliphatic carboxylic acids is 1. The van der Waals surface area contributed by atoms with Crippen LogP contribution in [-0.2, 0) is 35.1 Å². The van der Waals surface area contributed by atoms with Gasteiger partial charge in [0.1, 0.15) is 18.1 Å². The third-order valence-corrected chi connectivity index (χ3v) is 6.44. The van der Waals surface area contributed by atoms with Crippen LogP contribution in [0.25, 0.3) is 0 Å². The lowest BCUT2D eigenvalue weighted by atomic mass is 9.96. The van der Waals surface area contributed by atoms with E-state index in [1.807, 2.05) is 18.2 Å². The largest absolute Gasteiger partial charge is 0.480 e. The van der Waals surface area contributed by atoms with Crippen molar-refractivity contribution < 1.29 is 39.5 Å². The molecule has 0 saturated heterocycles. The minimum atomic E-state index is -1.19. The van der Waals surface area contributed by atoms with Crippen LogP contribution in [0.2, 0.25) is 0 Å². The van der Waals surface area contributed by atoms with Gasteiger partial charge in [0.15, 0.2) is 0 Å². The lowest BCUT2D eigenvalue weighted by molar-refractivity contribution is -0.427. The molecule has 40 heavy (non-hydrogen) atoms. The average Bonchev–Trinajstić information content (AvgIpc) is 2.90. The first kappa shape index (κ1) is 34.3. The molecule has 1 aromatic carbocycles. The van der Waals surface area contributed by atoms with Gasteiger partial charge in [0.2, 0.25) is 17.7 Å². The van der Waals surface area contributed by atoms with E-state index in [2.05, 4.69) is 21.7 Å². The Bertz CT molecular complexity index is 1010. The predicted molar refractivity (Wildman–Crippen MR) is 150 cm³/mol. The fourth-order valence-corrected chi connectivity index (χ4v) is 3.78. The van der Waals surface area contributed by atoms with Crippen molar-refractivity contribution in [2.24, 2.45) is 11.8 Å². The van der Waals surface area contributed by atoms with Gasteiger partial charge in [-0.15, -0.1) is 0 Å². The number of quaternary nitrogens is 1. The maximum absolute atomic E-state index is 13.0. The fraction of sp³-hybridized carbons (Fsp3) is 0.552. The normalized spacial score (nSPS) is 15.0. The predicted octanol–water partition coefficient (Wildman–Crippen LogP) is 0.980. The number of ether oxygens (including phenoxy) is 1. The molecule has 0 aliphatic heterocycles. The number of amides is 3.